The van der Waals surface area contributed by atoms with Gasteiger partial charge in [-0.1, -0.05) is 29.8 Å². The number of hydrogen-bond donors (Lipinski definition) is 1. The SMILES string of the molecule is O=S(=O)(N[C@@H]1CCSc2ccccc21)c1ccc(Cl)nc1. The van der Waals surface area contributed by atoms with Gasteiger partial charge in [-0.05, 0) is 35.9 Å². The third-order valence-electron chi connectivity index (χ3n) is 3.27. The van der Waals surface area contributed by atoms with Crippen LogP contribution in [0.1, 0.15) is 18.0 Å². The minimum Gasteiger partial charge on any atom is -0.243 e. The molecule has 1 aliphatic rings. The van der Waals surface area contributed by atoms with Crippen LogP contribution in [0.4, 0.5) is 0 Å². The van der Waals surface area contributed by atoms with Gasteiger partial charge in [-0.2, -0.15) is 0 Å². The molecule has 0 saturated carbocycles. The molecule has 1 aromatic heterocycles. The van der Waals surface area contributed by atoms with E-state index in [4.69, 9.17) is 11.6 Å². The van der Waals surface area contributed by atoms with Gasteiger partial charge in [0, 0.05) is 17.1 Å². The molecule has 0 radical (unpaired) electrons. The third-order valence-corrected chi connectivity index (χ3v) is 6.07. The summed E-state index contributed by atoms with van der Waals surface area (Å²) in [6, 6.07) is 10.6. The first kappa shape index (κ1) is 14.8. The highest BCUT2D eigenvalue weighted by molar-refractivity contribution is 7.99. The summed E-state index contributed by atoms with van der Waals surface area (Å²) in [6.45, 7) is 0. The summed E-state index contributed by atoms with van der Waals surface area (Å²) >= 11 is 7.44. The van der Waals surface area contributed by atoms with Crippen molar-refractivity contribution in [2.24, 2.45) is 0 Å². The van der Waals surface area contributed by atoms with Crippen LogP contribution < -0.4 is 4.72 Å². The minimum atomic E-state index is -3.60. The molecular weight excluding hydrogens is 328 g/mol. The quantitative estimate of drug-likeness (QED) is 0.871. The molecule has 3 rings (SSSR count). The molecule has 0 aliphatic carbocycles. The average Bonchev–Trinajstić information content (AvgIpc) is 2.48. The number of hydrogen-bond acceptors (Lipinski definition) is 4. The lowest BCUT2D eigenvalue weighted by atomic mass is 10.1. The zero-order valence-corrected chi connectivity index (χ0v) is 13.4. The lowest BCUT2D eigenvalue weighted by Crippen LogP contribution is -2.30. The number of thioether (sulfide) groups is 1. The summed E-state index contributed by atoms with van der Waals surface area (Å²) in [6.07, 6.45) is 2.04. The summed E-state index contributed by atoms with van der Waals surface area (Å²) in [4.78, 5) is 5.08. The van der Waals surface area contributed by atoms with E-state index in [2.05, 4.69) is 9.71 Å². The molecule has 1 N–H and O–H groups in total. The van der Waals surface area contributed by atoms with Gasteiger partial charge in [0.2, 0.25) is 10.0 Å². The standard InChI is InChI=1S/C14H13ClN2O2S2/c15-14-6-5-10(9-16-14)21(18,19)17-12-7-8-20-13-4-2-1-3-11(12)13/h1-6,9,12,17H,7-8H2/t12-/m1/s1. The number of fused-ring (bicyclic) bond motifs is 1. The minimum absolute atomic E-state index is 0.127. The maximum Gasteiger partial charge on any atom is 0.242 e. The van der Waals surface area contributed by atoms with Gasteiger partial charge in [0.15, 0.2) is 0 Å². The Bertz CT molecular complexity index is 748. The number of aromatic nitrogens is 1. The molecule has 0 saturated heterocycles. The molecule has 0 bridgehead atoms. The van der Waals surface area contributed by atoms with E-state index < -0.39 is 10.0 Å². The Balaban J connectivity index is 1.88. The smallest absolute Gasteiger partial charge is 0.242 e. The molecule has 2 heterocycles. The van der Waals surface area contributed by atoms with Crippen molar-refractivity contribution in [2.75, 3.05) is 5.75 Å². The second-order valence-electron chi connectivity index (χ2n) is 4.67. The number of benzene rings is 1. The van der Waals surface area contributed by atoms with Crippen LogP contribution in [0.5, 0.6) is 0 Å². The van der Waals surface area contributed by atoms with Gasteiger partial charge in [0.25, 0.3) is 0 Å². The summed E-state index contributed by atoms with van der Waals surface area (Å²) in [7, 11) is -3.60. The summed E-state index contributed by atoms with van der Waals surface area (Å²) in [5.74, 6) is 0.892. The van der Waals surface area contributed by atoms with E-state index in [9.17, 15) is 8.42 Å². The summed E-state index contributed by atoms with van der Waals surface area (Å²) in [5.41, 5.74) is 1.03. The van der Waals surface area contributed by atoms with Crippen LogP contribution in [0.3, 0.4) is 0 Å². The van der Waals surface area contributed by atoms with Crippen LogP contribution >= 0.6 is 23.4 Å². The molecule has 0 amide bonds. The van der Waals surface area contributed by atoms with E-state index >= 15 is 0 Å². The predicted octanol–water partition coefficient (Wildman–Crippen LogP) is 3.25. The molecule has 0 fully saturated rings. The topological polar surface area (TPSA) is 59.1 Å². The normalized spacial score (nSPS) is 18.2. The molecule has 2 aromatic rings. The van der Waals surface area contributed by atoms with Crippen molar-refractivity contribution in [1.82, 2.24) is 9.71 Å². The van der Waals surface area contributed by atoms with Crippen LogP contribution in [-0.4, -0.2) is 19.2 Å². The van der Waals surface area contributed by atoms with Gasteiger partial charge < -0.3 is 0 Å². The first-order valence-electron chi connectivity index (χ1n) is 6.42. The number of sulfonamides is 1. The monoisotopic (exact) mass is 340 g/mol. The summed E-state index contributed by atoms with van der Waals surface area (Å²) in [5, 5.41) is 0.272. The largest absolute Gasteiger partial charge is 0.243 e. The van der Waals surface area contributed by atoms with E-state index in [1.165, 1.54) is 18.3 Å². The van der Waals surface area contributed by atoms with Crippen molar-refractivity contribution in [2.45, 2.75) is 22.3 Å². The Hall–Kier alpha value is -1.08. The molecule has 0 unspecified atom stereocenters. The summed E-state index contributed by atoms with van der Waals surface area (Å²) < 4.78 is 27.6. The fourth-order valence-corrected chi connectivity index (χ4v) is 4.67. The predicted molar refractivity (Wildman–Crippen MR) is 84.1 cm³/mol. The van der Waals surface area contributed by atoms with E-state index in [0.29, 0.717) is 0 Å². The molecule has 1 aromatic carbocycles. The van der Waals surface area contributed by atoms with Crippen molar-refractivity contribution in [3.8, 4) is 0 Å². The average molecular weight is 341 g/mol. The molecule has 1 atom stereocenters. The number of nitrogens with one attached hydrogen (secondary N) is 1. The van der Waals surface area contributed by atoms with Crippen molar-refractivity contribution >= 4 is 33.4 Å². The van der Waals surface area contributed by atoms with E-state index in [1.54, 1.807) is 11.8 Å². The zero-order chi connectivity index (χ0) is 14.9. The van der Waals surface area contributed by atoms with Crippen molar-refractivity contribution < 1.29 is 8.42 Å². The first-order chi connectivity index (χ1) is 10.1. The van der Waals surface area contributed by atoms with Gasteiger partial charge in [-0.25, -0.2) is 18.1 Å². The molecule has 0 spiro atoms. The van der Waals surface area contributed by atoms with Gasteiger partial charge in [-0.3, -0.25) is 0 Å². The highest BCUT2D eigenvalue weighted by Gasteiger charge is 2.26. The lowest BCUT2D eigenvalue weighted by molar-refractivity contribution is 0.545. The maximum absolute atomic E-state index is 12.4. The molecule has 110 valence electrons. The van der Waals surface area contributed by atoms with Crippen molar-refractivity contribution in [3.63, 3.8) is 0 Å². The Morgan fingerprint density at radius 3 is 2.81 bits per heavy atom. The molecular formula is C14H13ClN2O2S2. The van der Waals surface area contributed by atoms with Gasteiger partial charge >= 0.3 is 0 Å². The Labute approximate surface area is 133 Å². The number of halogens is 1. The van der Waals surface area contributed by atoms with Crippen molar-refractivity contribution in [1.29, 1.82) is 0 Å². The number of nitrogens with zero attached hydrogens (tertiary/aromatic N) is 1. The van der Waals surface area contributed by atoms with E-state index in [1.807, 2.05) is 24.3 Å². The Morgan fingerprint density at radius 2 is 2.05 bits per heavy atom. The van der Waals surface area contributed by atoms with Crippen LogP contribution in [0, 0.1) is 0 Å². The Kier molecular flexibility index (Phi) is 4.21. The van der Waals surface area contributed by atoms with Gasteiger partial charge in [-0.15, -0.1) is 11.8 Å². The molecule has 21 heavy (non-hydrogen) atoms. The maximum atomic E-state index is 12.4. The molecule has 1 aliphatic heterocycles. The second-order valence-corrected chi connectivity index (χ2v) is 7.90. The fourth-order valence-electron chi connectivity index (χ4n) is 2.24. The fraction of sp³-hybridized carbons (Fsp3) is 0.214. The first-order valence-corrected chi connectivity index (χ1v) is 9.26. The van der Waals surface area contributed by atoms with Crippen LogP contribution in [-0.2, 0) is 10.0 Å². The van der Waals surface area contributed by atoms with Crippen LogP contribution in [0.15, 0.2) is 52.4 Å². The van der Waals surface area contributed by atoms with E-state index in [0.717, 1.165) is 22.6 Å². The molecule has 4 nitrogen and oxygen atoms in total. The highest BCUT2D eigenvalue weighted by Crippen LogP contribution is 2.36. The number of pyridine rings is 1. The number of rotatable bonds is 3. The van der Waals surface area contributed by atoms with Gasteiger partial charge in [0.1, 0.15) is 10.0 Å². The highest BCUT2D eigenvalue weighted by atomic mass is 35.5. The van der Waals surface area contributed by atoms with Crippen molar-refractivity contribution in [3.05, 3.63) is 53.3 Å². The molecule has 7 heteroatoms. The van der Waals surface area contributed by atoms with Crippen LogP contribution in [0.2, 0.25) is 5.15 Å². The zero-order valence-electron chi connectivity index (χ0n) is 11.0. The van der Waals surface area contributed by atoms with Crippen LogP contribution in [0.25, 0.3) is 0 Å². The van der Waals surface area contributed by atoms with E-state index in [-0.39, 0.29) is 16.1 Å². The second kappa shape index (κ2) is 5.96. The third kappa shape index (κ3) is 3.23. The Morgan fingerprint density at radius 1 is 1.24 bits per heavy atom. The lowest BCUT2D eigenvalue weighted by Gasteiger charge is -2.25. The van der Waals surface area contributed by atoms with Gasteiger partial charge in [0.05, 0.1) is 0 Å².